The van der Waals surface area contributed by atoms with E-state index in [1.807, 2.05) is 48.9 Å². The SMILES string of the molecule is Cc1nn(-c2ccccc2)c(C)c1CN(C)C(=O)CCC(=O)c1ccc2c(c1)OCCO2. The minimum Gasteiger partial charge on any atom is -0.486 e. The number of para-hydroxylation sites is 1. The van der Waals surface area contributed by atoms with Gasteiger partial charge in [-0.3, -0.25) is 9.59 Å². The van der Waals surface area contributed by atoms with Crippen LogP contribution in [0.5, 0.6) is 11.5 Å². The Kier molecular flexibility index (Phi) is 6.25. The van der Waals surface area contributed by atoms with Crippen molar-refractivity contribution < 1.29 is 19.1 Å². The van der Waals surface area contributed by atoms with Gasteiger partial charge in [-0.05, 0) is 44.2 Å². The van der Waals surface area contributed by atoms with Crippen molar-refractivity contribution >= 4 is 11.7 Å². The minimum atomic E-state index is -0.0898. The van der Waals surface area contributed by atoms with Crippen LogP contribution in [0, 0.1) is 13.8 Å². The summed E-state index contributed by atoms with van der Waals surface area (Å²) in [7, 11) is 1.76. The lowest BCUT2D eigenvalue weighted by Gasteiger charge is -2.19. The molecule has 0 spiro atoms. The molecule has 4 rings (SSSR count). The Morgan fingerprint density at radius 2 is 1.72 bits per heavy atom. The largest absolute Gasteiger partial charge is 0.486 e. The van der Waals surface area contributed by atoms with Crippen LogP contribution in [-0.4, -0.2) is 46.6 Å². The van der Waals surface area contributed by atoms with Crippen molar-refractivity contribution in [2.45, 2.75) is 33.2 Å². The smallest absolute Gasteiger partial charge is 0.223 e. The average Bonchev–Trinajstić information content (AvgIpc) is 3.10. The molecule has 2 aromatic carbocycles. The molecule has 0 unspecified atom stereocenters. The molecule has 0 atom stereocenters. The highest BCUT2D eigenvalue weighted by atomic mass is 16.6. The van der Waals surface area contributed by atoms with E-state index in [0.717, 1.165) is 22.6 Å². The molecule has 3 aromatic rings. The molecule has 1 aliphatic rings. The monoisotopic (exact) mass is 433 g/mol. The number of benzene rings is 2. The van der Waals surface area contributed by atoms with Gasteiger partial charge in [-0.2, -0.15) is 5.10 Å². The highest BCUT2D eigenvalue weighted by molar-refractivity contribution is 5.98. The maximum Gasteiger partial charge on any atom is 0.223 e. The van der Waals surface area contributed by atoms with Gasteiger partial charge in [0.15, 0.2) is 17.3 Å². The quantitative estimate of drug-likeness (QED) is 0.529. The van der Waals surface area contributed by atoms with E-state index in [-0.39, 0.29) is 24.5 Å². The zero-order chi connectivity index (χ0) is 22.7. The van der Waals surface area contributed by atoms with Gasteiger partial charge in [0, 0.05) is 43.3 Å². The number of nitrogens with zero attached hydrogens (tertiary/aromatic N) is 3. The zero-order valence-corrected chi connectivity index (χ0v) is 18.6. The highest BCUT2D eigenvalue weighted by Gasteiger charge is 2.19. The summed E-state index contributed by atoms with van der Waals surface area (Å²) >= 11 is 0. The van der Waals surface area contributed by atoms with E-state index in [0.29, 0.717) is 36.8 Å². The predicted octanol–water partition coefficient (Wildman–Crippen LogP) is 3.88. The van der Waals surface area contributed by atoms with E-state index in [4.69, 9.17) is 9.47 Å². The van der Waals surface area contributed by atoms with Crippen LogP contribution < -0.4 is 9.47 Å². The van der Waals surface area contributed by atoms with Crippen molar-refractivity contribution in [2.75, 3.05) is 20.3 Å². The standard InChI is InChI=1S/C25H27N3O4/c1-17-21(18(2)28(26-17)20-7-5-4-6-8-20)16-27(3)25(30)12-10-22(29)19-9-11-23-24(15-19)32-14-13-31-23/h4-9,11,15H,10,12-14,16H2,1-3H3. The third kappa shape index (κ3) is 4.51. The van der Waals surface area contributed by atoms with Crippen molar-refractivity contribution in [3.8, 4) is 17.2 Å². The van der Waals surface area contributed by atoms with Gasteiger partial charge in [-0.15, -0.1) is 0 Å². The summed E-state index contributed by atoms with van der Waals surface area (Å²) < 4.78 is 12.9. The van der Waals surface area contributed by atoms with E-state index in [2.05, 4.69) is 5.10 Å². The first-order chi connectivity index (χ1) is 15.4. The molecule has 0 N–H and O–H groups in total. The third-order valence-electron chi connectivity index (χ3n) is 5.69. The summed E-state index contributed by atoms with van der Waals surface area (Å²) in [4.78, 5) is 27.0. The molecule has 0 aliphatic carbocycles. The van der Waals surface area contributed by atoms with E-state index in [1.165, 1.54) is 0 Å². The number of carbonyl (C=O) groups excluding carboxylic acids is 2. The molecule has 32 heavy (non-hydrogen) atoms. The number of Topliss-reactive ketones (excluding diaryl/α,β-unsaturated/α-hetero) is 1. The van der Waals surface area contributed by atoms with Crippen molar-refractivity contribution in [3.05, 3.63) is 71.0 Å². The van der Waals surface area contributed by atoms with E-state index in [9.17, 15) is 9.59 Å². The van der Waals surface area contributed by atoms with Crippen LogP contribution in [0.1, 0.15) is 40.2 Å². The molecule has 1 aromatic heterocycles. The molecule has 7 nitrogen and oxygen atoms in total. The van der Waals surface area contributed by atoms with Crippen LogP contribution in [0.25, 0.3) is 5.69 Å². The molecule has 0 radical (unpaired) electrons. The number of rotatable bonds is 7. The number of hydrogen-bond donors (Lipinski definition) is 0. The third-order valence-corrected chi connectivity index (χ3v) is 5.69. The molecule has 166 valence electrons. The fourth-order valence-electron chi connectivity index (χ4n) is 3.82. The first kappa shape index (κ1) is 21.6. The Morgan fingerprint density at radius 1 is 1.00 bits per heavy atom. The molecule has 2 heterocycles. The van der Waals surface area contributed by atoms with Crippen molar-refractivity contribution in [2.24, 2.45) is 0 Å². The van der Waals surface area contributed by atoms with Crippen LogP contribution in [0.3, 0.4) is 0 Å². The molecule has 0 saturated carbocycles. The van der Waals surface area contributed by atoms with Gasteiger partial charge in [0.1, 0.15) is 13.2 Å². The molecule has 0 bridgehead atoms. The number of hydrogen-bond acceptors (Lipinski definition) is 5. The Morgan fingerprint density at radius 3 is 2.47 bits per heavy atom. The van der Waals surface area contributed by atoms with Gasteiger partial charge in [0.25, 0.3) is 0 Å². The second kappa shape index (κ2) is 9.26. The van der Waals surface area contributed by atoms with Gasteiger partial charge in [-0.1, -0.05) is 18.2 Å². The van der Waals surface area contributed by atoms with E-state index >= 15 is 0 Å². The number of fused-ring (bicyclic) bond motifs is 1. The van der Waals surface area contributed by atoms with Crippen LogP contribution in [0.4, 0.5) is 0 Å². The number of aromatic nitrogens is 2. The zero-order valence-electron chi connectivity index (χ0n) is 18.6. The number of ketones is 1. The van der Waals surface area contributed by atoms with Crippen LogP contribution in [0.15, 0.2) is 48.5 Å². The van der Waals surface area contributed by atoms with Crippen molar-refractivity contribution in [3.63, 3.8) is 0 Å². The summed E-state index contributed by atoms with van der Waals surface area (Å²) in [6.07, 6.45) is 0.290. The molecular weight excluding hydrogens is 406 g/mol. The van der Waals surface area contributed by atoms with Crippen molar-refractivity contribution in [1.82, 2.24) is 14.7 Å². The lowest BCUT2D eigenvalue weighted by atomic mass is 10.1. The fraction of sp³-hybridized carbons (Fsp3) is 0.320. The summed E-state index contributed by atoms with van der Waals surface area (Å²) in [5.74, 6) is 1.05. The first-order valence-electron chi connectivity index (χ1n) is 10.7. The van der Waals surface area contributed by atoms with Crippen molar-refractivity contribution in [1.29, 1.82) is 0 Å². The van der Waals surface area contributed by atoms with Gasteiger partial charge in [-0.25, -0.2) is 4.68 Å². The highest BCUT2D eigenvalue weighted by Crippen LogP contribution is 2.31. The minimum absolute atomic E-state index is 0.0813. The second-order valence-electron chi connectivity index (χ2n) is 7.93. The van der Waals surface area contributed by atoms with Crippen LogP contribution in [0.2, 0.25) is 0 Å². The lowest BCUT2D eigenvalue weighted by Crippen LogP contribution is -2.27. The topological polar surface area (TPSA) is 73.7 Å². The van der Waals surface area contributed by atoms with Crippen LogP contribution >= 0.6 is 0 Å². The molecule has 0 saturated heterocycles. The Balaban J connectivity index is 1.37. The Labute approximate surface area is 187 Å². The fourth-order valence-corrected chi connectivity index (χ4v) is 3.82. The Bertz CT molecular complexity index is 1140. The molecule has 7 heteroatoms. The Hall–Kier alpha value is -3.61. The molecule has 1 aliphatic heterocycles. The lowest BCUT2D eigenvalue weighted by molar-refractivity contribution is -0.130. The first-order valence-corrected chi connectivity index (χ1v) is 10.7. The molecular formula is C25H27N3O4. The predicted molar refractivity (Wildman–Crippen MR) is 121 cm³/mol. The van der Waals surface area contributed by atoms with Gasteiger partial charge < -0.3 is 14.4 Å². The van der Waals surface area contributed by atoms with E-state index < -0.39 is 0 Å². The summed E-state index contributed by atoms with van der Waals surface area (Å²) in [6.45, 7) is 5.37. The van der Waals surface area contributed by atoms with Crippen LogP contribution in [-0.2, 0) is 11.3 Å². The summed E-state index contributed by atoms with van der Waals surface area (Å²) in [6, 6.07) is 15.1. The van der Waals surface area contributed by atoms with Gasteiger partial charge in [0.05, 0.1) is 11.4 Å². The van der Waals surface area contributed by atoms with Gasteiger partial charge >= 0.3 is 0 Å². The number of aryl methyl sites for hydroxylation is 1. The maximum absolute atomic E-state index is 12.7. The molecule has 1 amide bonds. The number of carbonyl (C=O) groups is 2. The average molecular weight is 434 g/mol. The number of amides is 1. The second-order valence-corrected chi connectivity index (χ2v) is 7.93. The number of ether oxygens (including phenoxy) is 2. The maximum atomic E-state index is 12.7. The summed E-state index contributed by atoms with van der Waals surface area (Å²) in [5.41, 5.74) is 4.42. The summed E-state index contributed by atoms with van der Waals surface area (Å²) in [5, 5.41) is 4.64. The normalized spacial score (nSPS) is 12.5. The van der Waals surface area contributed by atoms with Gasteiger partial charge in [0.2, 0.25) is 5.91 Å². The molecule has 0 fully saturated rings. The van der Waals surface area contributed by atoms with E-state index in [1.54, 1.807) is 30.1 Å².